The summed E-state index contributed by atoms with van der Waals surface area (Å²) in [5, 5.41) is 16.0. The summed E-state index contributed by atoms with van der Waals surface area (Å²) in [5.74, 6) is -0.0264. The van der Waals surface area contributed by atoms with Gasteiger partial charge in [0.2, 0.25) is 5.91 Å². The van der Waals surface area contributed by atoms with Crippen LogP contribution < -0.4 is 10.6 Å². The molecule has 0 saturated carbocycles. The van der Waals surface area contributed by atoms with Gasteiger partial charge >= 0.3 is 0 Å². The van der Waals surface area contributed by atoms with Crippen molar-refractivity contribution >= 4 is 11.6 Å². The van der Waals surface area contributed by atoms with E-state index in [1.165, 1.54) is 0 Å². The Balaban J connectivity index is 2.32. The van der Waals surface area contributed by atoms with Crippen molar-refractivity contribution < 1.29 is 9.90 Å². The summed E-state index contributed by atoms with van der Waals surface area (Å²) in [6.45, 7) is 8.41. The molecule has 2 atom stereocenters. The van der Waals surface area contributed by atoms with Crippen molar-refractivity contribution in [3.63, 3.8) is 0 Å². The van der Waals surface area contributed by atoms with E-state index in [0.717, 1.165) is 5.69 Å². The Labute approximate surface area is 121 Å². The first kappa shape index (κ1) is 16.7. The van der Waals surface area contributed by atoms with Crippen LogP contribution in [0.4, 0.5) is 5.69 Å². The largest absolute Gasteiger partial charge is 0.391 e. The zero-order valence-corrected chi connectivity index (χ0v) is 12.8. The maximum atomic E-state index is 11.9. The smallest absolute Gasteiger partial charge is 0.225 e. The molecule has 1 aromatic carbocycles. The topological polar surface area (TPSA) is 61.4 Å². The van der Waals surface area contributed by atoms with E-state index in [1.54, 1.807) is 0 Å². The summed E-state index contributed by atoms with van der Waals surface area (Å²) >= 11 is 0. The lowest BCUT2D eigenvalue weighted by molar-refractivity contribution is -0.116. The number of benzene rings is 1. The third-order valence-electron chi connectivity index (χ3n) is 3.21. The van der Waals surface area contributed by atoms with Crippen molar-refractivity contribution in [2.45, 2.75) is 46.3 Å². The van der Waals surface area contributed by atoms with Crippen molar-refractivity contribution in [2.24, 2.45) is 5.41 Å². The van der Waals surface area contributed by atoms with Crippen molar-refractivity contribution in [1.29, 1.82) is 0 Å². The van der Waals surface area contributed by atoms with Crippen LogP contribution in [0.25, 0.3) is 0 Å². The molecular weight excluding hydrogens is 252 g/mol. The summed E-state index contributed by atoms with van der Waals surface area (Å²) in [6.07, 6.45) is -0.0479. The number of carbonyl (C=O) groups is 1. The first-order valence-electron chi connectivity index (χ1n) is 7.05. The minimum absolute atomic E-state index is 0.0238. The van der Waals surface area contributed by atoms with Crippen LogP contribution >= 0.6 is 0 Å². The van der Waals surface area contributed by atoms with Crippen molar-refractivity contribution in [1.82, 2.24) is 5.32 Å². The number of anilines is 1. The molecule has 1 amide bonds. The maximum Gasteiger partial charge on any atom is 0.225 e. The number of aliphatic hydroxyl groups is 1. The van der Waals surface area contributed by atoms with E-state index in [1.807, 2.05) is 58.0 Å². The molecule has 0 aliphatic rings. The second-order valence-corrected chi connectivity index (χ2v) is 6.31. The summed E-state index contributed by atoms with van der Waals surface area (Å²) in [4.78, 5) is 11.9. The fourth-order valence-electron chi connectivity index (χ4n) is 1.70. The molecule has 4 nitrogen and oxygen atoms in total. The fourth-order valence-corrected chi connectivity index (χ4v) is 1.70. The minimum Gasteiger partial charge on any atom is -0.391 e. The normalized spacial score (nSPS) is 14.7. The summed E-state index contributed by atoms with van der Waals surface area (Å²) in [6, 6.07) is 9.43. The van der Waals surface area contributed by atoms with Crippen molar-refractivity contribution in [2.75, 3.05) is 11.9 Å². The van der Waals surface area contributed by atoms with Crippen LogP contribution in [0.15, 0.2) is 30.3 Å². The first-order chi connectivity index (χ1) is 9.29. The third kappa shape index (κ3) is 6.17. The summed E-state index contributed by atoms with van der Waals surface area (Å²) in [5.41, 5.74) is 0.651. The van der Waals surface area contributed by atoms with Gasteiger partial charge in [-0.05, 0) is 24.5 Å². The Morgan fingerprint density at radius 2 is 1.85 bits per heavy atom. The molecule has 0 radical (unpaired) electrons. The standard InChI is InChI=1S/C16H26N2O2/c1-12(17-11-14(19)16(2,3)4)10-15(20)18-13-8-6-5-7-9-13/h5-9,12,14,17,19H,10-11H2,1-4H3,(H,18,20). The molecule has 1 rings (SSSR count). The molecule has 0 aliphatic heterocycles. The third-order valence-corrected chi connectivity index (χ3v) is 3.21. The molecular formula is C16H26N2O2. The second-order valence-electron chi connectivity index (χ2n) is 6.31. The minimum atomic E-state index is -0.429. The van der Waals surface area contributed by atoms with Gasteiger partial charge in [-0.3, -0.25) is 4.79 Å². The number of rotatable bonds is 6. The van der Waals surface area contributed by atoms with Gasteiger partial charge in [0.05, 0.1) is 6.10 Å². The van der Waals surface area contributed by atoms with Gasteiger partial charge in [-0.1, -0.05) is 39.0 Å². The highest BCUT2D eigenvalue weighted by atomic mass is 16.3. The molecule has 0 bridgehead atoms. The lowest BCUT2D eigenvalue weighted by Gasteiger charge is -2.27. The van der Waals surface area contributed by atoms with Crippen LogP contribution in [-0.2, 0) is 4.79 Å². The monoisotopic (exact) mass is 278 g/mol. The Hall–Kier alpha value is -1.39. The second kappa shape index (κ2) is 7.41. The van der Waals surface area contributed by atoms with Crippen LogP contribution in [0.1, 0.15) is 34.1 Å². The van der Waals surface area contributed by atoms with E-state index in [0.29, 0.717) is 13.0 Å². The highest BCUT2D eigenvalue weighted by Crippen LogP contribution is 2.18. The molecule has 2 unspecified atom stereocenters. The maximum absolute atomic E-state index is 11.9. The Kier molecular flexibility index (Phi) is 6.17. The lowest BCUT2D eigenvalue weighted by atomic mass is 9.89. The molecule has 0 fully saturated rings. The zero-order valence-electron chi connectivity index (χ0n) is 12.8. The highest BCUT2D eigenvalue weighted by molar-refractivity contribution is 5.90. The van der Waals surface area contributed by atoms with Gasteiger partial charge < -0.3 is 15.7 Å². The molecule has 20 heavy (non-hydrogen) atoms. The average Bonchev–Trinajstić information content (AvgIpc) is 2.35. The van der Waals surface area contributed by atoms with Gasteiger partial charge in [0.1, 0.15) is 0 Å². The number of amides is 1. The van der Waals surface area contributed by atoms with Gasteiger partial charge in [-0.2, -0.15) is 0 Å². The van der Waals surface area contributed by atoms with Crippen molar-refractivity contribution in [3.8, 4) is 0 Å². The Morgan fingerprint density at radius 3 is 2.40 bits per heavy atom. The van der Waals surface area contributed by atoms with E-state index in [2.05, 4.69) is 10.6 Å². The molecule has 0 saturated heterocycles. The number of hydrogen-bond acceptors (Lipinski definition) is 3. The molecule has 0 aliphatic carbocycles. The zero-order chi connectivity index (χ0) is 15.2. The van der Waals surface area contributed by atoms with Gasteiger partial charge in [0, 0.05) is 24.7 Å². The van der Waals surface area contributed by atoms with Gasteiger partial charge in [0.25, 0.3) is 0 Å². The predicted octanol–water partition coefficient (Wildman–Crippen LogP) is 2.40. The number of para-hydroxylation sites is 1. The highest BCUT2D eigenvalue weighted by Gasteiger charge is 2.22. The Bertz CT molecular complexity index is 412. The van der Waals surface area contributed by atoms with Gasteiger partial charge in [-0.15, -0.1) is 0 Å². The number of hydrogen-bond donors (Lipinski definition) is 3. The van der Waals surface area contributed by atoms with Crippen LogP contribution in [-0.4, -0.2) is 29.7 Å². The Morgan fingerprint density at radius 1 is 1.25 bits per heavy atom. The predicted molar refractivity (Wildman–Crippen MR) is 82.6 cm³/mol. The molecule has 0 spiro atoms. The SMILES string of the molecule is CC(CC(=O)Nc1ccccc1)NCC(O)C(C)(C)C. The van der Waals surface area contributed by atoms with Crippen LogP contribution in [0.3, 0.4) is 0 Å². The molecule has 1 aromatic rings. The van der Waals surface area contributed by atoms with Crippen LogP contribution in [0.2, 0.25) is 0 Å². The first-order valence-corrected chi connectivity index (χ1v) is 7.05. The van der Waals surface area contributed by atoms with E-state index in [-0.39, 0.29) is 17.4 Å². The van der Waals surface area contributed by atoms with E-state index < -0.39 is 6.10 Å². The fraction of sp³-hybridized carbons (Fsp3) is 0.562. The van der Waals surface area contributed by atoms with Gasteiger partial charge in [0.15, 0.2) is 0 Å². The van der Waals surface area contributed by atoms with Crippen LogP contribution in [0, 0.1) is 5.41 Å². The molecule has 112 valence electrons. The quantitative estimate of drug-likeness (QED) is 0.749. The van der Waals surface area contributed by atoms with Crippen molar-refractivity contribution in [3.05, 3.63) is 30.3 Å². The van der Waals surface area contributed by atoms with E-state index >= 15 is 0 Å². The van der Waals surface area contributed by atoms with Gasteiger partial charge in [-0.25, -0.2) is 0 Å². The molecule has 3 N–H and O–H groups in total. The lowest BCUT2D eigenvalue weighted by Crippen LogP contribution is -2.41. The van der Waals surface area contributed by atoms with E-state index in [9.17, 15) is 9.90 Å². The average molecular weight is 278 g/mol. The number of nitrogens with one attached hydrogen (secondary N) is 2. The molecule has 0 aromatic heterocycles. The number of aliphatic hydroxyl groups excluding tert-OH is 1. The summed E-state index contributed by atoms with van der Waals surface area (Å²) in [7, 11) is 0. The molecule has 0 heterocycles. The van der Waals surface area contributed by atoms with Crippen LogP contribution in [0.5, 0.6) is 0 Å². The molecule has 4 heteroatoms. The van der Waals surface area contributed by atoms with E-state index in [4.69, 9.17) is 0 Å². The summed E-state index contributed by atoms with van der Waals surface area (Å²) < 4.78 is 0. The number of carbonyl (C=O) groups excluding carboxylic acids is 1.